The Labute approximate surface area is 161 Å². The van der Waals surface area contributed by atoms with Crippen LogP contribution in [0.3, 0.4) is 0 Å². The maximum Gasteiger partial charge on any atom is 0.251 e. The number of imidazole rings is 1. The fourth-order valence-electron chi connectivity index (χ4n) is 3.39. The summed E-state index contributed by atoms with van der Waals surface area (Å²) in [5.74, 6) is 0.947. The van der Waals surface area contributed by atoms with Crippen molar-refractivity contribution in [1.82, 2.24) is 14.9 Å². The van der Waals surface area contributed by atoms with E-state index in [-0.39, 0.29) is 11.9 Å². The van der Waals surface area contributed by atoms with Crippen LogP contribution < -0.4 is 5.32 Å². The van der Waals surface area contributed by atoms with E-state index in [4.69, 9.17) is 0 Å². The number of carbonyl (C=O) groups excluding carboxylic acids is 1. The van der Waals surface area contributed by atoms with E-state index in [0.29, 0.717) is 5.56 Å². The first-order valence-electron chi connectivity index (χ1n) is 9.42. The Kier molecular flexibility index (Phi) is 5.75. The zero-order valence-corrected chi connectivity index (χ0v) is 16.5. The fourth-order valence-corrected chi connectivity index (χ4v) is 3.39. The maximum atomic E-state index is 12.7. The van der Waals surface area contributed by atoms with Crippen LogP contribution in [-0.4, -0.2) is 15.5 Å². The Morgan fingerprint density at radius 1 is 1.11 bits per heavy atom. The maximum absolute atomic E-state index is 12.7. The standard InChI is InChI=1S/C23H27N3O/c1-5-22(21-11-6-16(2)14-17(21)3)25-23(27)20-9-7-19(8-10-20)15-26-13-12-24-18(26)4/h6-14,22H,5,15H2,1-4H3,(H,25,27). The number of hydrogen-bond acceptors (Lipinski definition) is 2. The molecule has 2 aromatic carbocycles. The van der Waals surface area contributed by atoms with Crippen LogP contribution >= 0.6 is 0 Å². The number of aromatic nitrogens is 2. The molecule has 1 N–H and O–H groups in total. The predicted molar refractivity (Wildman–Crippen MR) is 109 cm³/mol. The molecule has 0 saturated heterocycles. The number of nitrogens with one attached hydrogen (secondary N) is 1. The molecule has 1 heterocycles. The first kappa shape index (κ1) is 18.9. The molecule has 0 aliphatic rings. The highest BCUT2D eigenvalue weighted by Crippen LogP contribution is 2.22. The summed E-state index contributed by atoms with van der Waals surface area (Å²) in [7, 11) is 0. The van der Waals surface area contributed by atoms with Crippen LogP contribution in [0, 0.1) is 20.8 Å². The average molecular weight is 361 g/mol. The SMILES string of the molecule is CCC(NC(=O)c1ccc(Cn2ccnc2C)cc1)c1ccc(C)cc1C. The third kappa shape index (κ3) is 4.45. The summed E-state index contributed by atoms with van der Waals surface area (Å²) < 4.78 is 2.09. The molecule has 0 fully saturated rings. The molecule has 140 valence electrons. The number of rotatable bonds is 6. The largest absolute Gasteiger partial charge is 0.345 e. The lowest BCUT2D eigenvalue weighted by Crippen LogP contribution is -2.28. The van der Waals surface area contributed by atoms with Gasteiger partial charge in [-0.1, -0.05) is 42.8 Å². The fraction of sp³-hybridized carbons (Fsp3) is 0.304. The minimum absolute atomic E-state index is 0.0198. The smallest absolute Gasteiger partial charge is 0.251 e. The third-order valence-electron chi connectivity index (χ3n) is 5.01. The van der Waals surface area contributed by atoms with Gasteiger partial charge in [0.25, 0.3) is 5.91 Å². The second-order valence-corrected chi connectivity index (χ2v) is 7.09. The molecule has 3 rings (SSSR count). The highest BCUT2D eigenvalue weighted by atomic mass is 16.1. The van der Waals surface area contributed by atoms with Gasteiger partial charge in [0, 0.05) is 24.5 Å². The molecule has 1 amide bonds. The van der Waals surface area contributed by atoms with Crippen molar-refractivity contribution < 1.29 is 4.79 Å². The van der Waals surface area contributed by atoms with Crippen LogP contribution in [0.2, 0.25) is 0 Å². The van der Waals surface area contributed by atoms with E-state index in [2.05, 4.69) is 53.8 Å². The van der Waals surface area contributed by atoms with Gasteiger partial charge in [0.2, 0.25) is 0 Å². The summed E-state index contributed by atoms with van der Waals surface area (Å²) in [4.78, 5) is 17.0. The van der Waals surface area contributed by atoms with Gasteiger partial charge in [0.1, 0.15) is 5.82 Å². The van der Waals surface area contributed by atoms with E-state index in [0.717, 1.165) is 24.4 Å². The lowest BCUT2D eigenvalue weighted by atomic mass is 9.97. The zero-order valence-electron chi connectivity index (χ0n) is 16.5. The number of hydrogen-bond donors (Lipinski definition) is 1. The van der Waals surface area contributed by atoms with Crippen molar-refractivity contribution in [3.8, 4) is 0 Å². The summed E-state index contributed by atoms with van der Waals surface area (Å²) in [6, 6.07) is 14.2. The molecule has 0 bridgehead atoms. The van der Waals surface area contributed by atoms with E-state index in [9.17, 15) is 4.79 Å². The number of aryl methyl sites for hydroxylation is 3. The molecule has 4 heteroatoms. The minimum Gasteiger partial charge on any atom is -0.345 e. The van der Waals surface area contributed by atoms with Crippen LogP contribution in [0.5, 0.6) is 0 Å². The molecular formula is C23H27N3O. The molecule has 1 unspecified atom stereocenters. The highest BCUT2D eigenvalue weighted by Gasteiger charge is 2.16. The summed E-state index contributed by atoms with van der Waals surface area (Å²) in [5.41, 5.74) is 5.47. The summed E-state index contributed by atoms with van der Waals surface area (Å²) >= 11 is 0. The molecule has 0 aliphatic heterocycles. The van der Waals surface area contributed by atoms with Crippen molar-refractivity contribution in [3.05, 3.63) is 88.5 Å². The van der Waals surface area contributed by atoms with Crippen molar-refractivity contribution in [3.63, 3.8) is 0 Å². The van der Waals surface area contributed by atoms with Crippen molar-refractivity contribution >= 4 is 5.91 Å². The van der Waals surface area contributed by atoms with Crippen LogP contribution in [0.15, 0.2) is 54.9 Å². The van der Waals surface area contributed by atoms with Crippen molar-refractivity contribution in [2.24, 2.45) is 0 Å². The van der Waals surface area contributed by atoms with Crippen molar-refractivity contribution in [1.29, 1.82) is 0 Å². The van der Waals surface area contributed by atoms with Gasteiger partial charge in [-0.15, -0.1) is 0 Å². The van der Waals surface area contributed by atoms with Gasteiger partial charge in [-0.2, -0.15) is 0 Å². The Morgan fingerprint density at radius 2 is 1.85 bits per heavy atom. The molecule has 1 atom stereocenters. The van der Waals surface area contributed by atoms with Gasteiger partial charge >= 0.3 is 0 Å². The van der Waals surface area contributed by atoms with Crippen molar-refractivity contribution in [2.45, 2.75) is 46.7 Å². The number of nitrogens with zero attached hydrogens (tertiary/aromatic N) is 2. The topological polar surface area (TPSA) is 46.9 Å². The Balaban J connectivity index is 1.70. The van der Waals surface area contributed by atoms with E-state index in [1.165, 1.54) is 16.7 Å². The Bertz CT molecular complexity index is 925. The molecule has 0 aliphatic carbocycles. The molecule has 4 nitrogen and oxygen atoms in total. The van der Waals surface area contributed by atoms with E-state index in [1.807, 2.05) is 37.4 Å². The van der Waals surface area contributed by atoms with E-state index in [1.54, 1.807) is 6.20 Å². The molecular weight excluding hydrogens is 334 g/mol. The van der Waals surface area contributed by atoms with Gasteiger partial charge < -0.3 is 9.88 Å². The lowest BCUT2D eigenvalue weighted by molar-refractivity contribution is 0.0935. The van der Waals surface area contributed by atoms with Crippen LogP contribution in [0.1, 0.15) is 57.8 Å². The predicted octanol–water partition coefficient (Wildman–Crippen LogP) is 4.74. The van der Waals surface area contributed by atoms with Crippen LogP contribution in [0.4, 0.5) is 0 Å². The Morgan fingerprint density at radius 3 is 2.44 bits per heavy atom. The number of carbonyl (C=O) groups is 1. The summed E-state index contributed by atoms with van der Waals surface area (Å²) in [5, 5.41) is 3.18. The molecule has 0 saturated carbocycles. The molecule has 3 aromatic rings. The average Bonchev–Trinajstić information content (AvgIpc) is 3.05. The van der Waals surface area contributed by atoms with Crippen LogP contribution in [0.25, 0.3) is 0 Å². The summed E-state index contributed by atoms with van der Waals surface area (Å²) in [6.45, 7) is 9.03. The number of benzene rings is 2. The first-order chi connectivity index (χ1) is 13.0. The van der Waals surface area contributed by atoms with Crippen LogP contribution in [-0.2, 0) is 6.54 Å². The molecule has 0 spiro atoms. The highest BCUT2D eigenvalue weighted by molar-refractivity contribution is 5.94. The molecule has 27 heavy (non-hydrogen) atoms. The van der Waals surface area contributed by atoms with Gasteiger partial charge in [0.15, 0.2) is 0 Å². The second kappa shape index (κ2) is 8.21. The monoisotopic (exact) mass is 361 g/mol. The quantitative estimate of drug-likeness (QED) is 0.689. The van der Waals surface area contributed by atoms with E-state index >= 15 is 0 Å². The van der Waals surface area contributed by atoms with Gasteiger partial charge in [-0.3, -0.25) is 4.79 Å². The zero-order chi connectivity index (χ0) is 19.4. The van der Waals surface area contributed by atoms with Gasteiger partial charge in [-0.25, -0.2) is 4.98 Å². The Hall–Kier alpha value is -2.88. The third-order valence-corrected chi connectivity index (χ3v) is 5.01. The molecule has 0 radical (unpaired) electrons. The van der Waals surface area contributed by atoms with Gasteiger partial charge in [-0.05, 0) is 56.0 Å². The lowest BCUT2D eigenvalue weighted by Gasteiger charge is -2.20. The second-order valence-electron chi connectivity index (χ2n) is 7.09. The number of amides is 1. The normalized spacial score (nSPS) is 12.0. The molecule has 1 aromatic heterocycles. The van der Waals surface area contributed by atoms with Gasteiger partial charge in [0.05, 0.1) is 6.04 Å². The van der Waals surface area contributed by atoms with Crippen molar-refractivity contribution in [2.75, 3.05) is 0 Å². The first-order valence-corrected chi connectivity index (χ1v) is 9.42. The van der Waals surface area contributed by atoms with E-state index < -0.39 is 0 Å². The summed E-state index contributed by atoms with van der Waals surface area (Å²) in [6.07, 6.45) is 4.62. The minimum atomic E-state index is -0.0350.